The van der Waals surface area contributed by atoms with Gasteiger partial charge in [-0.3, -0.25) is 12.2 Å². The standard InChI is InChI=1S/C13H10.2C7H9.2ClH.Ti/c1-3-7-12(8-4-1)11-13-9-5-2-6-10-13;2*1-6-3-4-7(2)5-6;;;/h1-10H;2*5H,3H2,1-2H3;2*1H;/q;2*-1;;;+2. The van der Waals surface area contributed by atoms with Crippen molar-refractivity contribution in [3.8, 4) is 0 Å². The molecule has 0 spiro atoms. The molecule has 30 heavy (non-hydrogen) atoms. The third-order valence-electron chi connectivity index (χ3n) is 4.34. The van der Waals surface area contributed by atoms with Crippen molar-refractivity contribution in [3.05, 3.63) is 118 Å². The summed E-state index contributed by atoms with van der Waals surface area (Å²) < 4.78 is 1.33. The Morgan fingerprint density at radius 2 is 0.967 bits per heavy atom. The average Bonchev–Trinajstić information content (AvgIpc) is 3.29. The van der Waals surface area contributed by atoms with E-state index in [0.29, 0.717) is 0 Å². The summed E-state index contributed by atoms with van der Waals surface area (Å²) in [5.41, 5.74) is 8.02. The van der Waals surface area contributed by atoms with Gasteiger partial charge in [0.05, 0.1) is 0 Å². The molecule has 0 heterocycles. The van der Waals surface area contributed by atoms with Gasteiger partial charge < -0.3 is 0 Å². The second-order valence-corrected chi connectivity index (χ2v) is 7.94. The molecule has 0 fully saturated rings. The number of hydrogen-bond acceptors (Lipinski definition) is 0. The predicted octanol–water partition coefficient (Wildman–Crippen LogP) is 7.82. The van der Waals surface area contributed by atoms with E-state index in [2.05, 4.69) is 121 Å². The predicted molar refractivity (Wildman–Crippen MR) is 132 cm³/mol. The summed E-state index contributed by atoms with van der Waals surface area (Å²) in [7, 11) is 0. The Morgan fingerprint density at radius 3 is 1.17 bits per heavy atom. The van der Waals surface area contributed by atoms with Crippen molar-refractivity contribution in [2.45, 2.75) is 40.5 Å². The summed E-state index contributed by atoms with van der Waals surface area (Å²) in [6.07, 6.45) is 12.8. The molecule has 0 saturated heterocycles. The van der Waals surface area contributed by atoms with E-state index in [9.17, 15) is 0 Å². The fourth-order valence-electron chi connectivity index (χ4n) is 2.88. The molecular weight excluding hydrogens is 443 g/mol. The van der Waals surface area contributed by atoms with Crippen LogP contribution < -0.4 is 0 Å². The Labute approximate surface area is 206 Å². The third kappa shape index (κ3) is 10.6. The maximum atomic E-state index is 3.19. The molecule has 0 nitrogen and oxygen atoms in total. The second-order valence-electron chi connectivity index (χ2n) is 7.16. The Kier molecular flexibility index (Phi) is 14.6. The molecule has 0 aromatic heterocycles. The van der Waals surface area contributed by atoms with Gasteiger partial charge in [0.1, 0.15) is 0 Å². The summed E-state index contributed by atoms with van der Waals surface area (Å²) in [5.74, 6) is 0. The van der Waals surface area contributed by atoms with Gasteiger partial charge >= 0.3 is 95.6 Å². The van der Waals surface area contributed by atoms with Gasteiger partial charge in [-0.2, -0.15) is 11.1 Å². The molecule has 0 aliphatic heterocycles. The third-order valence-corrected chi connectivity index (χ3v) is 5.24. The number of hydrogen-bond donors (Lipinski definition) is 0. The molecule has 156 valence electrons. The van der Waals surface area contributed by atoms with Crippen LogP contribution in [0.4, 0.5) is 0 Å². The second kappa shape index (κ2) is 15.4. The van der Waals surface area contributed by atoms with Crippen LogP contribution in [0.2, 0.25) is 0 Å². The van der Waals surface area contributed by atoms with Crippen LogP contribution in [0.15, 0.2) is 95.1 Å². The Hall–Kier alpha value is -1.44. The summed E-state index contributed by atoms with van der Waals surface area (Å²) >= 11 is 2.16. The zero-order valence-corrected chi connectivity index (χ0v) is 21.4. The Balaban J connectivity index is 0.000000448. The summed E-state index contributed by atoms with van der Waals surface area (Å²) in [4.78, 5) is 0. The van der Waals surface area contributed by atoms with Crippen LogP contribution >= 0.6 is 24.8 Å². The van der Waals surface area contributed by atoms with Gasteiger partial charge in [-0.1, -0.05) is 27.7 Å². The minimum atomic E-state index is 0. The van der Waals surface area contributed by atoms with Gasteiger partial charge in [0.2, 0.25) is 0 Å². The van der Waals surface area contributed by atoms with Crippen molar-refractivity contribution in [1.82, 2.24) is 0 Å². The first-order valence-corrected chi connectivity index (χ1v) is 10.4. The molecule has 2 aromatic rings. The van der Waals surface area contributed by atoms with Crippen LogP contribution in [-0.4, -0.2) is 3.81 Å². The van der Waals surface area contributed by atoms with Crippen molar-refractivity contribution < 1.29 is 20.0 Å². The van der Waals surface area contributed by atoms with E-state index >= 15 is 0 Å². The monoisotopic (exact) mass is 472 g/mol. The molecule has 3 heteroatoms. The molecular formula is C27H30Cl2Ti. The molecule has 2 aliphatic carbocycles. The molecule has 0 radical (unpaired) electrons. The molecule has 0 unspecified atom stereocenters. The van der Waals surface area contributed by atoms with Crippen molar-refractivity contribution >= 4 is 28.6 Å². The average molecular weight is 473 g/mol. The van der Waals surface area contributed by atoms with Crippen LogP contribution in [0, 0.1) is 12.2 Å². The van der Waals surface area contributed by atoms with E-state index in [1.165, 1.54) is 37.2 Å². The van der Waals surface area contributed by atoms with Gasteiger partial charge in [-0.25, -0.2) is 23.3 Å². The van der Waals surface area contributed by atoms with Crippen LogP contribution in [0.3, 0.4) is 0 Å². The van der Waals surface area contributed by atoms with Crippen molar-refractivity contribution in [2.75, 3.05) is 0 Å². The van der Waals surface area contributed by atoms with E-state index in [-0.39, 0.29) is 24.8 Å². The molecule has 0 atom stereocenters. The Morgan fingerprint density at radius 1 is 0.633 bits per heavy atom. The van der Waals surface area contributed by atoms with E-state index in [4.69, 9.17) is 0 Å². The molecule has 2 aliphatic rings. The Bertz CT molecular complexity index is 829. The SMILES string of the molecule is CC1=[C-]CC(C)=C1.CC1=[C-]CC(C)=C1.Cl.Cl.[Ti+2]=[C](c1ccccc1)c1ccccc1. The molecule has 0 N–H and O–H groups in total. The minimum absolute atomic E-state index is 0. The molecule has 4 rings (SSSR count). The van der Waals surface area contributed by atoms with Crippen LogP contribution in [-0.2, 0) is 20.0 Å². The van der Waals surface area contributed by atoms with Crippen LogP contribution in [0.25, 0.3) is 0 Å². The van der Waals surface area contributed by atoms with E-state index in [1.807, 2.05) is 12.1 Å². The van der Waals surface area contributed by atoms with Gasteiger partial charge in [0.25, 0.3) is 0 Å². The first-order valence-electron chi connectivity index (χ1n) is 9.64. The maximum absolute atomic E-state index is 3.19. The molecule has 0 saturated carbocycles. The quantitative estimate of drug-likeness (QED) is 0.308. The van der Waals surface area contributed by atoms with E-state index in [0.717, 1.165) is 12.8 Å². The van der Waals surface area contributed by atoms with Crippen LogP contribution in [0.1, 0.15) is 51.7 Å². The normalized spacial score (nSPS) is 13.5. The van der Waals surface area contributed by atoms with Gasteiger partial charge in [0, 0.05) is 0 Å². The number of benzene rings is 2. The van der Waals surface area contributed by atoms with Gasteiger partial charge in [-0.05, 0) is 0 Å². The zero-order valence-electron chi connectivity index (χ0n) is 18.2. The number of rotatable bonds is 2. The summed E-state index contributed by atoms with van der Waals surface area (Å²) in [5, 5.41) is 0. The van der Waals surface area contributed by atoms with Gasteiger partial charge in [-0.15, -0.1) is 37.7 Å². The van der Waals surface area contributed by atoms with Crippen LogP contribution in [0.5, 0.6) is 0 Å². The topological polar surface area (TPSA) is 0 Å². The van der Waals surface area contributed by atoms with Crippen molar-refractivity contribution in [3.63, 3.8) is 0 Å². The van der Waals surface area contributed by atoms with Gasteiger partial charge in [0.15, 0.2) is 0 Å². The first kappa shape index (κ1) is 28.6. The van der Waals surface area contributed by atoms with E-state index in [1.54, 1.807) is 0 Å². The zero-order chi connectivity index (χ0) is 20.4. The number of halogens is 2. The molecule has 0 bridgehead atoms. The molecule has 0 amide bonds. The fraction of sp³-hybridized carbons (Fsp3) is 0.222. The summed E-state index contributed by atoms with van der Waals surface area (Å²) in [6.45, 7) is 8.42. The van der Waals surface area contributed by atoms with Crippen molar-refractivity contribution in [1.29, 1.82) is 0 Å². The summed E-state index contributed by atoms with van der Waals surface area (Å²) in [6, 6.07) is 20.9. The fourth-order valence-corrected chi connectivity index (χ4v) is 3.40. The van der Waals surface area contributed by atoms with E-state index < -0.39 is 0 Å². The van der Waals surface area contributed by atoms with Crippen molar-refractivity contribution in [2.24, 2.45) is 0 Å². The number of allylic oxidation sites excluding steroid dienone is 8. The molecule has 2 aromatic carbocycles. The first-order chi connectivity index (χ1) is 13.5.